The van der Waals surface area contributed by atoms with Crippen LogP contribution in [0.15, 0.2) is 66.9 Å². The maximum atomic E-state index is 10.6. The van der Waals surface area contributed by atoms with Gasteiger partial charge in [-0.1, -0.05) is 36.4 Å². The fourth-order valence-corrected chi connectivity index (χ4v) is 2.95. The van der Waals surface area contributed by atoms with Crippen LogP contribution in [0.2, 0.25) is 0 Å². The predicted molar refractivity (Wildman–Crippen MR) is 91.9 cm³/mol. The van der Waals surface area contributed by atoms with Crippen LogP contribution < -0.4 is 0 Å². The van der Waals surface area contributed by atoms with E-state index in [0.29, 0.717) is 5.69 Å². The van der Waals surface area contributed by atoms with Crippen LogP contribution in [0.4, 0.5) is 0 Å². The van der Waals surface area contributed by atoms with E-state index in [1.807, 2.05) is 42.6 Å². The SMILES string of the molecule is O=S(=O)(O)Cc1cc2ccccc2[nH]1.c1ccc2[nH]ccc2c1. The second-order valence-corrected chi connectivity index (χ2v) is 6.63. The van der Waals surface area contributed by atoms with Gasteiger partial charge < -0.3 is 9.97 Å². The molecule has 0 amide bonds. The topological polar surface area (TPSA) is 85.9 Å². The average molecular weight is 328 g/mol. The van der Waals surface area contributed by atoms with Crippen molar-refractivity contribution in [1.82, 2.24) is 9.97 Å². The summed E-state index contributed by atoms with van der Waals surface area (Å²) in [6, 6.07) is 19.4. The molecule has 0 saturated carbocycles. The number of nitrogens with one attached hydrogen (secondary N) is 2. The third-order valence-corrected chi connectivity index (χ3v) is 4.06. The van der Waals surface area contributed by atoms with Crippen molar-refractivity contribution in [3.63, 3.8) is 0 Å². The van der Waals surface area contributed by atoms with Crippen molar-refractivity contribution in [2.45, 2.75) is 5.75 Å². The molecule has 0 radical (unpaired) electrons. The fraction of sp³-hybridized carbons (Fsp3) is 0.0588. The molecule has 4 aromatic rings. The Kier molecular flexibility index (Phi) is 4.18. The summed E-state index contributed by atoms with van der Waals surface area (Å²) >= 11 is 0. The Morgan fingerprint density at radius 3 is 2.17 bits per heavy atom. The van der Waals surface area contributed by atoms with E-state index in [9.17, 15) is 8.42 Å². The molecule has 118 valence electrons. The first-order valence-corrected chi connectivity index (χ1v) is 8.66. The van der Waals surface area contributed by atoms with Crippen LogP contribution in [-0.4, -0.2) is 22.9 Å². The lowest BCUT2D eigenvalue weighted by Gasteiger charge is -1.91. The fourth-order valence-electron chi connectivity index (χ4n) is 2.40. The summed E-state index contributed by atoms with van der Waals surface area (Å²) in [7, 11) is -3.96. The van der Waals surface area contributed by atoms with Gasteiger partial charge in [0.15, 0.2) is 0 Å². The first kappa shape index (κ1) is 15.3. The van der Waals surface area contributed by atoms with Crippen LogP contribution in [0, 0.1) is 0 Å². The molecule has 2 heterocycles. The van der Waals surface area contributed by atoms with Crippen molar-refractivity contribution >= 4 is 31.9 Å². The van der Waals surface area contributed by atoms with Gasteiger partial charge in [-0.15, -0.1) is 0 Å². The summed E-state index contributed by atoms with van der Waals surface area (Å²) < 4.78 is 29.9. The van der Waals surface area contributed by atoms with E-state index < -0.39 is 10.1 Å². The van der Waals surface area contributed by atoms with E-state index in [1.54, 1.807) is 6.07 Å². The highest BCUT2D eigenvalue weighted by molar-refractivity contribution is 7.85. The molecule has 0 unspecified atom stereocenters. The molecule has 0 bridgehead atoms. The molecule has 0 aliphatic carbocycles. The molecule has 2 aromatic heterocycles. The van der Waals surface area contributed by atoms with Gasteiger partial charge in [0.05, 0.1) is 0 Å². The second-order valence-electron chi connectivity index (χ2n) is 5.17. The van der Waals surface area contributed by atoms with Gasteiger partial charge in [-0.2, -0.15) is 8.42 Å². The van der Waals surface area contributed by atoms with Crippen LogP contribution in [0.1, 0.15) is 5.69 Å². The highest BCUT2D eigenvalue weighted by Crippen LogP contribution is 2.15. The van der Waals surface area contributed by atoms with Crippen LogP contribution in [0.5, 0.6) is 0 Å². The zero-order valence-electron chi connectivity index (χ0n) is 12.2. The molecular formula is C17H16N2O3S. The highest BCUT2D eigenvalue weighted by Gasteiger charge is 2.08. The Morgan fingerprint density at radius 1 is 0.870 bits per heavy atom. The molecule has 3 N–H and O–H groups in total. The second kappa shape index (κ2) is 6.28. The normalized spacial score (nSPS) is 11.3. The first-order chi connectivity index (χ1) is 11.0. The van der Waals surface area contributed by atoms with Gasteiger partial charge >= 0.3 is 0 Å². The van der Waals surface area contributed by atoms with Gasteiger partial charge in [0.2, 0.25) is 0 Å². The molecule has 5 nitrogen and oxygen atoms in total. The number of fused-ring (bicyclic) bond motifs is 2. The lowest BCUT2D eigenvalue weighted by atomic mass is 10.2. The third-order valence-electron chi connectivity index (χ3n) is 3.39. The van der Waals surface area contributed by atoms with Gasteiger partial charge in [-0.25, -0.2) is 0 Å². The zero-order chi connectivity index (χ0) is 16.3. The Balaban J connectivity index is 0.000000149. The predicted octanol–water partition coefficient (Wildman–Crippen LogP) is 3.72. The quantitative estimate of drug-likeness (QED) is 0.490. The van der Waals surface area contributed by atoms with Crippen molar-refractivity contribution in [3.8, 4) is 0 Å². The minimum atomic E-state index is -3.96. The number of rotatable bonds is 2. The van der Waals surface area contributed by atoms with E-state index in [4.69, 9.17) is 4.55 Å². The molecule has 0 spiro atoms. The summed E-state index contributed by atoms with van der Waals surface area (Å²) in [5.41, 5.74) is 2.57. The van der Waals surface area contributed by atoms with Crippen molar-refractivity contribution in [2.75, 3.05) is 0 Å². The van der Waals surface area contributed by atoms with E-state index in [0.717, 1.165) is 10.9 Å². The molecule has 2 aromatic carbocycles. The van der Waals surface area contributed by atoms with Gasteiger partial charge in [0.1, 0.15) is 5.75 Å². The molecule has 4 rings (SSSR count). The zero-order valence-corrected chi connectivity index (χ0v) is 13.0. The Labute approximate surface area is 133 Å². The van der Waals surface area contributed by atoms with Crippen LogP contribution in [0.25, 0.3) is 21.8 Å². The van der Waals surface area contributed by atoms with Crippen molar-refractivity contribution in [1.29, 1.82) is 0 Å². The lowest BCUT2D eigenvalue weighted by molar-refractivity contribution is 0.481. The lowest BCUT2D eigenvalue weighted by Crippen LogP contribution is -2.01. The minimum Gasteiger partial charge on any atom is -0.361 e. The molecule has 0 atom stereocenters. The summed E-state index contributed by atoms with van der Waals surface area (Å²) in [6.07, 6.45) is 1.95. The highest BCUT2D eigenvalue weighted by atomic mass is 32.2. The van der Waals surface area contributed by atoms with E-state index in [2.05, 4.69) is 28.2 Å². The van der Waals surface area contributed by atoms with Gasteiger partial charge in [0, 0.05) is 22.9 Å². The van der Waals surface area contributed by atoms with E-state index >= 15 is 0 Å². The minimum absolute atomic E-state index is 0.373. The summed E-state index contributed by atoms with van der Waals surface area (Å²) in [6.45, 7) is 0. The molecular weight excluding hydrogens is 312 g/mol. The van der Waals surface area contributed by atoms with Crippen molar-refractivity contribution in [2.24, 2.45) is 0 Å². The Bertz CT molecular complexity index is 969. The van der Waals surface area contributed by atoms with Crippen molar-refractivity contribution < 1.29 is 13.0 Å². The number of benzene rings is 2. The number of aromatic amines is 2. The summed E-state index contributed by atoms with van der Waals surface area (Å²) in [5.74, 6) is -0.373. The van der Waals surface area contributed by atoms with Crippen LogP contribution in [0.3, 0.4) is 0 Å². The monoisotopic (exact) mass is 328 g/mol. The summed E-state index contributed by atoms with van der Waals surface area (Å²) in [4.78, 5) is 6.03. The summed E-state index contributed by atoms with van der Waals surface area (Å²) in [5, 5.41) is 2.21. The number of hydrogen-bond donors (Lipinski definition) is 3. The Hall–Kier alpha value is -2.57. The molecule has 23 heavy (non-hydrogen) atoms. The van der Waals surface area contributed by atoms with E-state index in [-0.39, 0.29) is 5.75 Å². The molecule has 0 saturated heterocycles. The number of hydrogen-bond acceptors (Lipinski definition) is 2. The van der Waals surface area contributed by atoms with Gasteiger partial charge in [-0.3, -0.25) is 4.55 Å². The van der Waals surface area contributed by atoms with Gasteiger partial charge in [-0.05, 0) is 35.0 Å². The Morgan fingerprint density at radius 2 is 1.52 bits per heavy atom. The molecule has 0 aliphatic heterocycles. The standard InChI is InChI=1S/C9H9NO3S.C8H7N/c11-14(12,13)6-8-5-7-3-1-2-4-9(7)10-8;1-2-4-8-7(3-1)5-6-9-8/h1-5,10H,6H2,(H,11,12,13);1-6,9H. The number of para-hydroxylation sites is 2. The van der Waals surface area contributed by atoms with Crippen LogP contribution >= 0.6 is 0 Å². The maximum absolute atomic E-state index is 10.6. The molecule has 0 aliphatic rings. The first-order valence-electron chi connectivity index (χ1n) is 7.05. The molecule has 6 heteroatoms. The average Bonchev–Trinajstić information content (AvgIpc) is 3.11. The maximum Gasteiger partial charge on any atom is 0.270 e. The third kappa shape index (κ3) is 4.00. The van der Waals surface area contributed by atoms with Crippen LogP contribution in [-0.2, 0) is 15.9 Å². The molecule has 0 fully saturated rings. The number of aromatic nitrogens is 2. The smallest absolute Gasteiger partial charge is 0.270 e. The largest absolute Gasteiger partial charge is 0.361 e. The van der Waals surface area contributed by atoms with Crippen molar-refractivity contribution in [3.05, 3.63) is 72.6 Å². The number of H-pyrrole nitrogens is 2. The van der Waals surface area contributed by atoms with Gasteiger partial charge in [0.25, 0.3) is 10.1 Å². The van der Waals surface area contributed by atoms with E-state index in [1.165, 1.54) is 10.9 Å².